The van der Waals surface area contributed by atoms with Crippen molar-refractivity contribution in [2.45, 2.75) is 38.6 Å². The van der Waals surface area contributed by atoms with E-state index >= 15 is 0 Å². The Morgan fingerprint density at radius 2 is 2.09 bits per heavy atom. The third kappa shape index (κ3) is 2.15. The smallest absolute Gasteiger partial charge is 0.299 e. The van der Waals surface area contributed by atoms with Gasteiger partial charge in [-0.2, -0.15) is 9.97 Å². The molecule has 0 radical (unpaired) electrons. The quantitative estimate of drug-likeness (QED) is 0.734. The molecule has 1 fully saturated rings. The molecule has 1 saturated heterocycles. The summed E-state index contributed by atoms with van der Waals surface area (Å²) >= 11 is 0. The summed E-state index contributed by atoms with van der Waals surface area (Å²) in [6, 6.07) is 8.48. The van der Waals surface area contributed by atoms with Gasteiger partial charge in [-0.15, -0.1) is 0 Å². The lowest BCUT2D eigenvalue weighted by Gasteiger charge is -2.19. The zero-order chi connectivity index (χ0) is 15.1. The number of rotatable bonds is 3. The van der Waals surface area contributed by atoms with Crippen molar-refractivity contribution in [2.75, 3.05) is 11.4 Å². The second kappa shape index (κ2) is 5.12. The molecule has 3 aromatic rings. The zero-order valence-corrected chi connectivity index (χ0v) is 12.7. The van der Waals surface area contributed by atoms with E-state index < -0.39 is 0 Å². The normalized spacial score (nSPS) is 18.7. The summed E-state index contributed by atoms with van der Waals surface area (Å²) in [4.78, 5) is 11.2. The first kappa shape index (κ1) is 13.3. The lowest BCUT2D eigenvalue weighted by atomic mass is 10.2. The van der Waals surface area contributed by atoms with Crippen molar-refractivity contribution in [3.63, 3.8) is 0 Å². The van der Waals surface area contributed by atoms with E-state index in [9.17, 15) is 0 Å². The molecule has 1 aliphatic heterocycles. The maximum absolute atomic E-state index is 5.88. The highest BCUT2D eigenvalue weighted by Gasteiger charge is 2.34. The van der Waals surface area contributed by atoms with Crippen molar-refractivity contribution in [2.24, 2.45) is 0 Å². The molecule has 0 bridgehead atoms. The van der Waals surface area contributed by atoms with Gasteiger partial charge in [-0.05, 0) is 25.0 Å². The highest BCUT2D eigenvalue weighted by molar-refractivity contribution is 5.74. The molecule has 6 nitrogen and oxygen atoms in total. The lowest BCUT2D eigenvalue weighted by molar-refractivity contribution is 0.346. The third-order valence-corrected chi connectivity index (χ3v) is 4.04. The summed E-state index contributed by atoms with van der Waals surface area (Å²) < 4.78 is 11.3. The largest absolute Gasteiger partial charge is 0.423 e. The fourth-order valence-corrected chi connectivity index (χ4v) is 2.85. The summed E-state index contributed by atoms with van der Waals surface area (Å²) in [6.45, 7) is 5.00. The van der Waals surface area contributed by atoms with Crippen molar-refractivity contribution in [3.05, 3.63) is 36.0 Å². The molecule has 2 aromatic heterocycles. The number of benzene rings is 1. The van der Waals surface area contributed by atoms with Crippen molar-refractivity contribution >= 4 is 17.1 Å². The zero-order valence-electron chi connectivity index (χ0n) is 12.7. The minimum absolute atomic E-state index is 0.0491. The van der Waals surface area contributed by atoms with Gasteiger partial charge < -0.3 is 13.8 Å². The predicted octanol–water partition coefficient (Wildman–Crippen LogP) is 3.68. The number of nitrogens with zero attached hydrogens (tertiary/aromatic N) is 4. The van der Waals surface area contributed by atoms with Crippen molar-refractivity contribution in [1.29, 1.82) is 0 Å². The van der Waals surface area contributed by atoms with Crippen LogP contribution in [0.25, 0.3) is 11.1 Å². The minimum Gasteiger partial charge on any atom is -0.423 e. The van der Waals surface area contributed by atoms with Crippen LogP contribution in [-0.4, -0.2) is 21.7 Å². The Morgan fingerprint density at radius 1 is 1.23 bits per heavy atom. The van der Waals surface area contributed by atoms with Crippen LogP contribution in [0.3, 0.4) is 0 Å². The van der Waals surface area contributed by atoms with Gasteiger partial charge in [0.2, 0.25) is 5.89 Å². The van der Waals surface area contributed by atoms with E-state index in [-0.39, 0.29) is 12.0 Å². The van der Waals surface area contributed by atoms with Gasteiger partial charge in [0.1, 0.15) is 11.6 Å². The van der Waals surface area contributed by atoms with Gasteiger partial charge in [0, 0.05) is 12.5 Å². The number of anilines is 1. The fraction of sp³-hybridized carbons (Fsp3) is 0.438. The molecule has 0 saturated carbocycles. The monoisotopic (exact) mass is 298 g/mol. The summed E-state index contributed by atoms with van der Waals surface area (Å²) in [5, 5.41) is 4.07. The molecule has 1 aromatic carbocycles. The van der Waals surface area contributed by atoms with Crippen molar-refractivity contribution < 1.29 is 8.94 Å². The number of para-hydroxylation sites is 2. The Balaban J connectivity index is 1.67. The highest BCUT2D eigenvalue weighted by Crippen LogP contribution is 2.36. The Labute approximate surface area is 128 Å². The van der Waals surface area contributed by atoms with Crippen molar-refractivity contribution in [1.82, 2.24) is 15.1 Å². The molecule has 0 N–H and O–H groups in total. The molecule has 4 rings (SSSR count). The number of hydrogen-bond donors (Lipinski definition) is 0. The molecule has 114 valence electrons. The van der Waals surface area contributed by atoms with Crippen LogP contribution >= 0.6 is 0 Å². The number of hydrogen-bond acceptors (Lipinski definition) is 6. The first-order valence-corrected chi connectivity index (χ1v) is 7.68. The van der Waals surface area contributed by atoms with Gasteiger partial charge in [0.15, 0.2) is 11.4 Å². The molecule has 3 heterocycles. The Kier molecular flexibility index (Phi) is 3.10. The highest BCUT2D eigenvalue weighted by atomic mass is 16.5. The molecule has 1 aliphatic rings. The van der Waals surface area contributed by atoms with Crippen LogP contribution < -0.4 is 4.90 Å². The standard InChI is InChI=1S/C16H18N4O2/c1-10(2)14-18-15(22-19-14)12-7-5-9-20(12)16-17-11-6-3-4-8-13(11)21-16/h3-4,6,8,10,12H,5,7,9H2,1-2H3/t12-/m0/s1. The van der Waals surface area contributed by atoms with E-state index in [1.807, 2.05) is 24.3 Å². The topological polar surface area (TPSA) is 68.2 Å². The maximum atomic E-state index is 5.88. The predicted molar refractivity (Wildman–Crippen MR) is 81.7 cm³/mol. The van der Waals surface area contributed by atoms with Crippen LogP contribution in [0.4, 0.5) is 6.01 Å². The molecule has 0 amide bonds. The van der Waals surface area contributed by atoms with E-state index in [1.54, 1.807) is 0 Å². The Bertz CT molecular complexity index is 759. The molecule has 22 heavy (non-hydrogen) atoms. The van der Waals surface area contributed by atoms with E-state index in [0.717, 1.165) is 36.3 Å². The van der Waals surface area contributed by atoms with Gasteiger partial charge in [0.25, 0.3) is 6.01 Å². The molecule has 0 unspecified atom stereocenters. The molecular formula is C16H18N4O2. The molecular weight excluding hydrogens is 280 g/mol. The Morgan fingerprint density at radius 3 is 2.86 bits per heavy atom. The van der Waals surface area contributed by atoms with E-state index in [4.69, 9.17) is 8.94 Å². The summed E-state index contributed by atoms with van der Waals surface area (Å²) in [6.07, 6.45) is 2.03. The van der Waals surface area contributed by atoms with Crippen LogP contribution in [0.15, 0.2) is 33.2 Å². The lowest BCUT2D eigenvalue weighted by Crippen LogP contribution is -2.23. The number of oxazole rings is 1. The van der Waals surface area contributed by atoms with Crippen LogP contribution in [0.2, 0.25) is 0 Å². The van der Waals surface area contributed by atoms with E-state index in [1.165, 1.54) is 0 Å². The summed E-state index contributed by atoms with van der Waals surface area (Å²) in [5.41, 5.74) is 1.67. The second-order valence-electron chi connectivity index (χ2n) is 5.96. The first-order valence-electron chi connectivity index (χ1n) is 7.68. The van der Waals surface area contributed by atoms with Gasteiger partial charge in [0.05, 0.1) is 0 Å². The molecule has 0 spiro atoms. The average Bonchev–Trinajstić information content (AvgIpc) is 3.24. The molecule has 0 aliphatic carbocycles. The Hall–Kier alpha value is -2.37. The van der Waals surface area contributed by atoms with Gasteiger partial charge in [-0.3, -0.25) is 0 Å². The molecule has 1 atom stereocenters. The average molecular weight is 298 g/mol. The SMILES string of the molecule is CC(C)c1noc([C@@H]2CCCN2c2nc3ccccc3o2)n1. The summed E-state index contributed by atoms with van der Waals surface area (Å²) in [5.74, 6) is 1.67. The van der Waals surface area contributed by atoms with Gasteiger partial charge in [-0.25, -0.2) is 0 Å². The minimum atomic E-state index is 0.0491. The summed E-state index contributed by atoms with van der Waals surface area (Å²) in [7, 11) is 0. The second-order valence-corrected chi connectivity index (χ2v) is 5.96. The van der Waals surface area contributed by atoms with Crippen LogP contribution in [0, 0.1) is 0 Å². The van der Waals surface area contributed by atoms with Crippen LogP contribution in [0.1, 0.15) is 50.4 Å². The van der Waals surface area contributed by atoms with Crippen molar-refractivity contribution in [3.8, 4) is 0 Å². The molecule has 6 heteroatoms. The van der Waals surface area contributed by atoms with Crippen LogP contribution in [0.5, 0.6) is 0 Å². The number of fused-ring (bicyclic) bond motifs is 1. The van der Waals surface area contributed by atoms with Gasteiger partial charge in [-0.1, -0.05) is 31.1 Å². The van der Waals surface area contributed by atoms with Gasteiger partial charge >= 0.3 is 0 Å². The van der Waals surface area contributed by atoms with Crippen LogP contribution in [-0.2, 0) is 0 Å². The number of aromatic nitrogens is 3. The third-order valence-electron chi connectivity index (χ3n) is 4.04. The van der Waals surface area contributed by atoms with E-state index in [2.05, 4.69) is 33.9 Å². The fourth-order valence-electron chi connectivity index (χ4n) is 2.85. The van der Waals surface area contributed by atoms with E-state index in [0.29, 0.717) is 11.9 Å². The first-order chi connectivity index (χ1) is 10.7. The maximum Gasteiger partial charge on any atom is 0.299 e.